The minimum Gasteiger partial charge on any atom is -0.497 e. The van der Waals surface area contributed by atoms with Crippen LogP contribution in [-0.4, -0.2) is 35.8 Å². The zero-order chi connectivity index (χ0) is 18.8. The van der Waals surface area contributed by atoms with Crippen LogP contribution in [0.15, 0.2) is 42.5 Å². The van der Waals surface area contributed by atoms with Gasteiger partial charge in [-0.25, -0.2) is 0 Å². The van der Waals surface area contributed by atoms with E-state index in [0.717, 1.165) is 48.5 Å². The van der Waals surface area contributed by atoms with E-state index in [2.05, 4.69) is 34.1 Å². The van der Waals surface area contributed by atoms with E-state index in [4.69, 9.17) is 9.84 Å². The molecule has 0 spiro atoms. The van der Waals surface area contributed by atoms with Crippen LogP contribution in [0.5, 0.6) is 5.75 Å². The Labute approximate surface area is 158 Å². The summed E-state index contributed by atoms with van der Waals surface area (Å²) < 4.78 is 7.74. The fraction of sp³-hybridized carbons (Fsp3) is 0.318. The molecule has 4 rings (SSSR count). The highest BCUT2D eigenvalue weighted by atomic mass is 16.5. The van der Waals surface area contributed by atoms with Crippen molar-refractivity contribution < 1.29 is 14.6 Å². The average molecular weight is 364 g/mol. The number of aromatic nitrogens is 1. The van der Waals surface area contributed by atoms with Crippen LogP contribution in [0.1, 0.15) is 17.7 Å². The molecule has 27 heavy (non-hydrogen) atoms. The van der Waals surface area contributed by atoms with E-state index in [0.29, 0.717) is 6.42 Å². The van der Waals surface area contributed by atoms with Crippen molar-refractivity contribution in [3.63, 3.8) is 0 Å². The van der Waals surface area contributed by atoms with Gasteiger partial charge in [-0.3, -0.25) is 4.79 Å². The fourth-order valence-electron chi connectivity index (χ4n) is 3.91. The van der Waals surface area contributed by atoms with Crippen molar-refractivity contribution in [2.45, 2.75) is 25.8 Å². The van der Waals surface area contributed by atoms with Gasteiger partial charge in [-0.2, -0.15) is 0 Å². The van der Waals surface area contributed by atoms with Crippen LogP contribution < -0.4 is 10.1 Å². The smallest absolute Gasteiger partial charge is 0.303 e. The Balaban J connectivity index is 1.79. The lowest BCUT2D eigenvalue weighted by Crippen LogP contribution is -2.17. The number of nitrogens with one attached hydrogen (secondary N) is 1. The summed E-state index contributed by atoms with van der Waals surface area (Å²) in [5, 5.41) is 13.8. The summed E-state index contributed by atoms with van der Waals surface area (Å²) in [4.78, 5) is 11.1. The van der Waals surface area contributed by atoms with Crippen LogP contribution in [0.4, 0.5) is 0 Å². The molecule has 0 amide bonds. The number of aliphatic carboxylic acids is 1. The molecule has 1 aliphatic rings. The van der Waals surface area contributed by atoms with Crippen molar-refractivity contribution in [3.05, 3.63) is 53.7 Å². The number of carboxylic acids is 1. The third-order valence-corrected chi connectivity index (χ3v) is 5.29. The summed E-state index contributed by atoms with van der Waals surface area (Å²) in [7, 11) is 1.63. The molecular weight excluding hydrogens is 340 g/mol. The molecule has 140 valence electrons. The van der Waals surface area contributed by atoms with E-state index in [-0.39, 0.29) is 6.42 Å². The molecule has 0 saturated heterocycles. The normalized spacial score (nSPS) is 14.0. The molecule has 1 aromatic heterocycles. The number of methoxy groups -OCH3 is 1. The van der Waals surface area contributed by atoms with E-state index >= 15 is 0 Å². The predicted molar refractivity (Wildman–Crippen MR) is 106 cm³/mol. The Morgan fingerprint density at radius 2 is 2.07 bits per heavy atom. The molecule has 2 N–H and O–H groups in total. The van der Waals surface area contributed by atoms with E-state index < -0.39 is 5.97 Å². The third-order valence-electron chi connectivity index (χ3n) is 5.29. The number of fused-ring (bicyclic) bond motifs is 3. The second-order valence-corrected chi connectivity index (χ2v) is 6.98. The molecule has 3 aromatic rings. The molecule has 0 saturated carbocycles. The molecule has 5 heteroatoms. The number of hydrogen-bond acceptors (Lipinski definition) is 3. The minimum absolute atomic E-state index is 0.106. The number of carbonyl (C=O) groups is 1. The lowest BCUT2D eigenvalue weighted by atomic mass is 9.95. The SMILES string of the molecule is COc1ccc(-c2ccc3cc4n(c3c2)CCNCC4)c(CCC(=O)O)c1. The van der Waals surface area contributed by atoms with Crippen molar-refractivity contribution in [2.75, 3.05) is 20.2 Å². The number of ether oxygens (including phenoxy) is 1. The van der Waals surface area contributed by atoms with Gasteiger partial charge in [0, 0.05) is 43.7 Å². The fourth-order valence-corrected chi connectivity index (χ4v) is 3.91. The van der Waals surface area contributed by atoms with Gasteiger partial charge in [0.05, 0.1) is 7.11 Å². The van der Waals surface area contributed by atoms with Gasteiger partial charge in [-0.05, 0) is 52.8 Å². The van der Waals surface area contributed by atoms with Gasteiger partial charge in [0.15, 0.2) is 0 Å². The van der Waals surface area contributed by atoms with Crippen LogP contribution in [0.25, 0.3) is 22.0 Å². The van der Waals surface area contributed by atoms with E-state index in [1.54, 1.807) is 7.11 Å². The average Bonchev–Trinajstić information content (AvgIpc) is 2.85. The monoisotopic (exact) mass is 364 g/mol. The third kappa shape index (κ3) is 3.55. The zero-order valence-electron chi connectivity index (χ0n) is 15.5. The van der Waals surface area contributed by atoms with Crippen molar-refractivity contribution in [1.82, 2.24) is 9.88 Å². The second kappa shape index (κ2) is 7.45. The van der Waals surface area contributed by atoms with Crippen LogP contribution in [0.3, 0.4) is 0 Å². The Morgan fingerprint density at radius 3 is 2.89 bits per heavy atom. The van der Waals surface area contributed by atoms with Crippen LogP contribution >= 0.6 is 0 Å². The van der Waals surface area contributed by atoms with Gasteiger partial charge in [-0.15, -0.1) is 0 Å². The lowest BCUT2D eigenvalue weighted by Gasteiger charge is -2.13. The van der Waals surface area contributed by atoms with Gasteiger partial charge in [0.25, 0.3) is 0 Å². The van der Waals surface area contributed by atoms with E-state index in [1.807, 2.05) is 18.2 Å². The Bertz CT molecular complexity index is 991. The predicted octanol–water partition coefficient (Wildman–Crippen LogP) is 3.48. The Hall–Kier alpha value is -2.79. The maximum atomic E-state index is 11.1. The number of carboxylic acid groups (broad SMARTS) is 1. The molecule has 0 fully saturated rings. The first-order valence-corrected chi connectivity index (χ1v) is 9.37. The first-order valence-electron chi connectivity index (χ1n) is 9.37. The number of aryl methyl sites for hydroxylation is 1. The molecule has 2 heterocycles. The maximum absolute atomic E-state index is 11.1. The molecule has 0 atom stereocenters. The molecule has 5 nitrogen and oxygen atoms in total. The summed E-state index contributed by atoms with van der Waals surface area (Å²) in [6.45, 7) is 2.96. The molecule has 0 radical (unpaired) electrons. The first kappa shape index (κ1) is 17.6. The number of nitrogens with zero attached hydrogens (tertiary/aromatic N) is 1. The Morgan fingerprint density at radius 1 is 1.19 bits per heavy atom. The van der Waals surface area contributed by atoms with E-state index in [1.165, 1.54) is 16.6 Å². The summed E-state index contributed by atoms with van der Waals surface area (Å²) >= 11 is 0. The Kier molecular flexibility index (Phi) is 4.86. The number of hydrogen-bond donors (Lipinski definition) is 2. The topological polar surface area (TPSA) is 63.5 Å². The lowest BCUT2D eigenvalue weighted by molar-refractivity contribution is -0.136. The second-order valence-electron chi connectivity index (χ2n) is 6.98. The van der Waals surface area contributed by atoms with Crippen molar-refractivity contribution in [3.8, 4) is 16.9 Å². The standard InChI is InChI=1S/C22H24N2O3/c1-27-19-5-6-20(15(13-19)4-7-22(25)26)16-2-3-17-12-18-8-9-23-10-11-24(18)21(17)14-16/h2-3,5-6,12-14,23H,4,7-11H2,1H3,(H,25,26). The largest absolute Gasteiger partial charge is 0.497 e. The number of benzene rings is 2. The first-order chi connectivity index (χ1) is 13.2. The van der Waals surface area contributed by atoms with Gasteiger partial charge < -0.3 is 19.7 Å². The van der Waals surface area contributed by atoms with Crippen LogP contribution in [-0.2, 0) is 24.2 Å². The van der Waals surface area contributed by atoms with Crippen LogP contribution in [0.2, 0.25) is 0 Å². The minimum atomic E-state index is -0.788. The summed E-state index contributed by atoms with van der Waals surface area (Å²) in [5.41, 5.74) is 5.80. The van der Waals surface area contributed by atoms with Crippen LogP contribution in [0, 0.1) is 0 Å². The van der Waals surface area contributed by atoms with Gasteiger partial charge in [-0.1, -0.05) is 18.2 Å². The molecular formula is C22H24N2O3. The summed E-state index contributed by atoms with van der Waals surface area (Å²) in [6.07, 6.45) is 1.63. The maximum Gasteiger partial charge on any atom is 0.303 e. The highest BCUT2D eigenvalue weighted by molar-refractivity contribution is 5.87. The highest BCUT2D eigenvalue weighted by Gasteiger charge is 2.14. The quantitative estimate of drug-likeness (QED) is 0.728. The van der Waals surface area contributed by atoms with Gasteiger partial charge in [0.1, 0.15) is 5.75 Å². The molecule has 1 aliphatic heterocycles. The van der Waals surface area contributed by atoms with Crippen molar-refractivity contribution >= 4 is 16.9 Å². The van der Waals surface area contributed by atoms with Gasteiger partial charge in [0.2, 0.25) is 0 Å². The van der Waals surface area contributed by atoms with E-state index in [9.17, 15) is 4.79 Å². The summed E-state index contributed by atoms with van der Waals surface area (Å²) in [5.74, 6) is -0.0357. The molecule has 0 bridgehead atoms. The molecule has 0 aliphatic carbocycles. The number of rotatable bonds is 5. The van der Waals surface area contributed by atoms with Crippen molar-refractivity contribution in [2.24, 2.45) is 0 Å². The summed E-state index contributed by atoms with van der Waals surface area (Å²) in [6, 6.07) is 14.7. The highest BCUT2D eigenvalue weighted by Crippen LogP contribution is 2.32. The zero-order valence-corrected chi connectivity index (χ0v) is 15.5. The van der Waals surface area contributed by atoms with Gasteiger partial charge >= 0.3 is 5.97 Å². The van der Waals surface area contributed by atoms with Crippen molar-refractivity contribution in [1.29, 1.82) is 0 Å². The molecule has 0 unspecified atom stereocenters. The molecule has 2 aromatic carbocycles.